The van der Waals surface area contributed by atoms with E-state index in [9.17, 15) is 14.0 Å². The van der Waals surface area contributed by atoms with Crippen LogP contribution in [0.25, 0.3) is 0 Å². The lowest BCUT2D eigenvalue weighted by molar-refractivity contribution is -0.122. The maximum atomic E-state index is 13.7. The summed E-state index contributed by atoms with van der Waals surface area (Å²) in [7, 11) is 0. The summed E-state index contributed by atoms with van der Waals surface area (Å²) in [5.74, 6) is -0.0943. The minimum Gasteiger partial charge on any atom is -0.310 e. The van der Waals surface area contributed by atoms with Crippen molar-refractivity contribution in [2.75, 3.05) is 31.1 Å². The summed E-state index contributed by atoms with van der Waals surface area (Å²) in [6.07, 6.45) is 2.25. The molecule has 188 valence electrons. The van der Waals surface area contributed by atoms with E-state index in [1.54, 1.807) is 12.1 Å². The van der Waals surface area contributed by atoms with Crippen LogP contribution in [-0.4, -0.2) is 42.8 Å². The van der Waals surface area contributed by atoms with Crippen molar-refractivity contribution in [1.82, 2.24) is 4.90 Å². The molecule has 2 aliphatic heterocycles. The summed E-state index contributed by atoms with van der Waals surface area (Å²) >= 11 is 0. The zero-order valence-corrected chi connectivity index (χ0v) is 21.3. The van der Waals surface area contributed by atoms with Gasteiger partial charge in [0.15, 0.2) is 5.78 Å². The van der Waals surface area contributed by atoms with Crippen molar-refractivity contribution >= 4 is 29.8 Å². The largest absolute Gasteiger partial charge is 0.310 e. The molecule has 2 heterocycles. The van der Waals surface area contributed by atoms with Crippen LogP contribution in [0.15, 0.2) is 78.9 Å². The summed E-state index contributed by atoms with van der Waals surface area (Å²) < 4.78 is 13.2. The molecule has 3 aromatic rings. The fraction of sp³-hybridized carbons (Fsp3) is 0.333. The molecule has 0 aliphatic carbocycles. The molecule has 0 bridgehead atoms. The number of Topliss-reactive ketones (excluding diaryl/α,β-unsaturated/α-hetero) is 1. The first kappa shape index (κ1) is 26.1. The molecule has 0 N–H and O–H groups in total. The molecule has 1 amide bonds. The Labute approximate surface area is 218 Å². The number of anilines is 1. The van der Waals surface area contributed by atoms with Gasteiger partial charge in [0.2, 0.25) is 5.91 Å². The van der Waals surface area contributed by atoms with Crippen molar-refractivity contribution in [3.8, 4) is 0 Å². The number of carbonyl (C=O) groups is 2. The Morgan fingerprint density at radius 3 is 2.25 bits per heavy atom. The highest BCUT2D eigenvalue weighted by atomic mass is 35.5. The predicted molar refractivity (Wildman–Crippen MR) is 143 cm³/mol. The van der Waals surface area contributed by atoms with E-state index < -0.39 is 5.41 Å². The van der Waals surface area contributed by atoms with Crippen LogP contribution < -0.4 is 4.90 Å². The van der Waals surface area contributed by atoms with E-state index in [0.29, 0.717) is 18.5 Å². The van der Waals surface area contributed by atoms with E-state index in [0.717, 1.165) is 49.3 Å². The van der Waals surface area contributed by atoms with E-state index in [1.165, 1.54) is 12.1 Å². The molecular formula is C30H32ClFN2O2. The van der Waals surface area contributed by atoms with Gasteiger partial charge in [0, 0.05) is 30.3 Å². The van der Waals surface area contributed by atoms with Gasteiger partial charge in [-0.15, -0.1) is 12.4 Å². The number of piperidine rings is 1. The van der Waals surface area contributed by atoms with E-state index in [1.807, 2.05) is 35.2 Å². The Kier molecular flexibility index (Phi) is 7.91. The molecule has 2 aliphatic rings. The Bertz CT molecular complexity index is 1210. The summed E-state index contributed by atoms with van der Waals surface area (Å²) in [6, 6.07) is 24.2. The normalized spacial score (nSPS) is 20.2. The quantitative estimate of drug-likeness (QED) is 0.386. The van der Waals surface area contributed by atoms with Crippen LogP contribution in [0.3, 0.4) is 0 Å². The van der Waals surface area contributed by atoms with Gasteiger partial charge in [0.1, 0.15) is 5.82 Å². The van der Waals surface area contributed by atoms with Crippen molar-refractivity contribution in [3.63, 3.8) is 0 Å². The molecule has 0 aromatic heterocycles. The van der Waals surface area contributed by atoms with E-state index in [4.69, 9.17) is 0 Å². The number of hydrogen-bond donors (Lipinski definition) is 0. The first-order chi connectivity index (χ1) is 17.0. The second kappa shape index (κ2) is 10.9. The zero-order valence-electron chi connectivity index (χ0n) is 20.5. The second-order valence-electron chi connectivity index (χ2n) is 9.96. The number of amides is 1. The molecule has 1 fully saturated rings. The number of benzene rings is 3. The monoisotopic (exact) mass is 506 g/mol. The van der Waals surface area contributed by atoms with E-state index in [2.05, 4.69) is 36.1 Å². The van der Waals surface area contributed by atoms with Crippen LogP contribution in [0.4, 0.5) is 10.1 Å². The molecule has 0 saturated carbocycles. The number of rotatable bonds is 7. The summed E-state index contributed by atoms with van der Waals surface area (Å²) in [5.41, 5.74) is 3.27. The van der Waals surface area contributed by atoms with Gasteiger partial charge in [-0.05, 0) is 80.7 Å². The third-order valence-electron chi connectivity index (χ3n) is 7.63. The molecule has 6 heteroatoms. The Hall–Kier alpha value is -3.02. The van der Waals surface area contributed by atoms with Gasteiger partial charge in [0.05, 0.1) is 5.41 Å². The summed E-state index contributed by atoms with van der Waals surface area (Å²) in [5, 5.41) is 0. The average Bonchev–Trinajstić information content (AvgIpc) is 3.10. The SMILES string of the molecule is CC1(Cc2ccccc2)C(=O)N(CCN2CCC(C(=O)c3ccc(F)cc3)CC2)c2ccccc21.Cl. The van der Waals surface area contributed by atoms with Gasteiger partial charge in [-0.1, -0.05) is 48.5 Å². The molecular weight excluding hydrogens is 475 g/mol. The highest BCUT2D eigenvalue weighted by molar-refractivity contribution is 6.08. The fourth-order valence-electron chi connectivity index (χ4n) is 5.61. The third kappa shape index (κ3) is 5.09. The third-order valence-corrected chi connectivity index (χ3v) is 7.63. The van der Waals surface area contributed by atoms with E-state index >= 15 is 0 Å². The maximum Gasteiger partial charge on any atom is 0.237 e. The predicted octanol–water partition coefficient (Wildman–Crippen LogP) is 5.69. The van der Waals surface area contributed by atoms with Gasteiger partial charge in [-0.25, -0.2) is 4.39 Å². The molecule has 0 radical (unpaired) electrons. The van der Waals surface area contributed by atoms with Crippen molar-refractivity contribution in [2.24, 2.45) is 5.92 Å². The van der Waals surface area contributed by atoms with Gasteiger partial charge < -0.3 is 9.80 Å². The van der Waals surface area contributed by atoms with Gasteiger partial charge in [-0.3, -0.25) is 9.59 Å². The van der Waals surface area contributed by atoms with Crippen LogP contribution in [0.1, 0.15) is 41.3 Å². The van der Waals surface area contributed by atoms with Crippen LogP contribution >= 0.6 is 12.4 Å². The Morgan fingerprint density at radius 2 is 1.56 bits per heavy atom. The molecule has 36 heavy (non-hydrogen) atoms. The molecule has 1 unspecified atom stereocenters. The standard InChI is InChI=1S/C30H31FN2O2.ClH/c1-30(21-22-7-3-2-4-8-22)26-9-5-6-10-27(26)33(29(30)35)20-19-32-17-15-24(16-18-32)28(34)23-11-13-25(31)14-12-23;/h2-14,24H,15-21H2,1H3;1H. The van der Waals surface area contributed by atoms with Crippen molar-refractivity contribution < 1.29 is 14.0 Å². The smallest absolute Gasteiger partial charge is 0.237 e. The number of likely N-dealkylation sites (tertiary alicyclic amines) is 1. The van der Waals surface area contributed by atoms with Crippen molar-refractivity contribution in [3.05, 3.63) is 101 Å². The van der Waals surface area contributed by atoms with E-state index in [-0.39, 0.29) is 35.8 Å². The van der Waals surface area contributed by atoms with Gasteiger partial charge in [-0.2, -0.15) is 0 Å². The lowest BCUT2D eigenvalue weighted by Crippen LogP contribution is -2.45. The van der Waals surface area contributed by atoms with Crippen LogP contribution in [0.5, 0.6) is 0 Å². The molecule has 5 rings (SSSR count). The number of fused-ring (bicyclic) bond motifs is 1. The minimum absolute atomic E-state index is 0. The number of ketones is 1. The highest BCUT2D eigenvalue weighted by Gasteiger charge is 2.47. The molecule has 4 nitrogen and oxygen atoms in total. The molecule has 1 atom stereocenters. The van der Waals surface area contributed by atoms with Crippen molar-refractivity contribution in [1.29, 1.82) is 0 Å². The second-order valence-corrected chi connectivity index (χ2v) is 9.96. The minimum atomic E-state index is -0.577. The number of halogens is 2. The zero-order chi connectivity index (χ0) is 24.4. The van der Waals surface area contributed by atoms with Crippen LogP contribution in [-0.2, 0) is 16.6 Å². The first-order valence-corrected chi connectivity index (χ1v) is 12.4. The number of carbonyl (C=O) groups excluding carboxylic acids is 2. The topological polar surface area (TPSA) is 40.6 Å². The van der Waals surface area contributed by atoms with Crippen LogP contribution in [0, 0.1) is 11.7 Å². The molecule has 0 spiro atoms. The fourth-order valence-corrected chi connectivity index (χ4v) is 5.61. The van der Waals surface area contributed by atoms with Crippen molar-refractivity contribution in [2.45, 2.75) is 31.6 Å². The average molecular weight is 507 g/mol. The number of hydrogen-bond acceptors (Lipinski definition) is 3. The highest BCUT2D eigenvalue weighted by Crippen LogP contribution is 2.43. The number of para-hydroxylation sites is 1. The van der Waals surface area contributed by atoms with Crippen LogP contribution in [0.2, 0.25) is 0 Å². The Morgan fingerprint density at radius 1 is 0.917 bits per heavy atom. The molecule has 3 aromatic carbocycles. The lowest BCUT2D eigenvalue weighted by Gasteiger charge is -2.33. The van der Waals surface area contributed by atoms with Gasteiger partial charge >= 0.3 is 0 Å². The summed E-state index contributed by atoms with van der Waals surface area (Å²) in [4.78, 5) is 30.8. The molecule has 1 saturated heterocycles. The van der Waals surface area contributed by atoms with Gasteiger partial charge in [0.25, 0.3) is 0 Å². The Balaban J connectivity index is 0.00000304. The number of nitrogens with zero attached hydrogens (tertiary/aromatic N) is 2. The lowest BCUT2D eigenvalue weighted by atomic mass is 9.78. The maximum absolute atomic E-state index is 13.7. The first-order valence-electron chi connectivity index (χ1n) is 12.4. The summed E-state index contributed by atoms with van der Waals surface area (Å²) in [6.45, 7) is 5.12.